The molecule has 2 aromatic carbocycles. The van der Waals surface area contributed by atoms with Crippen LogP contribution in [0.25, 0.3) is 0 Å². The zero-order valence-electron chi connectivity index (χ0n) is 12.4. The minimum absolute atomic E-state index is 0.381. The van der Waals surface area contributed by atoms with Gasteiger partial charge in [0, 0.05) is 6.04 Å². The van der Waals surface area contributed by atoms with E-state index in [0.717, 1.165) is 25.8 Å². The Labute approximate surface area is 126 Å². The molecule has 2 nitrogen and oxygen atoms in total. The largest absolute Gasteiger partial charge is 0.508 e. The number of nitrogens with one attached hydrogen (secondary N) is 1. The molecule has 1 aliphatic carbocycles. The highest BCUT2D eigenvalue weighted by atomic mass is 16.3. The fourth-order valence-electron chi connectivity index (χ4n) is 3.21. The van der Waals surface area contributed by atoms with Crippen molar-refractivity contribution in [2.45, 2.75) is 38.1 Å². The molecule has 0 aliphatic heterocycles. The standard InChI is InChI=1S/C19H23NO/c21-17-12-11-16-9-4-10-19(18(16)14-17)20-13-5-8-15-6-2-1-3-7-15/h1-3,6-7,11-12,14,19-21H,4-5,8-10,13H2. The molecule has 0 spiro atoms. The van der Waals surface area contributed by atoms with E-state index in [2.05, 4.69) is 41.7 Å². The summed E-state index contributed by atoms with van der Waals surface area (Å²) in [5, 5.41) is 13.4. The van der Waals surface area contributed by atoms with Gasteiger partial charge in [0.05, 0.1) is 0 Å². The topological polar surface area (TPSA) is 32.3 Å². The highest BCUT2D eigenvalue weighted by Gasteiger charge is 2.19. The first kappa shape index (κ1) is 14.2. The molecule has 0 aromatic heterocycles. The third-order valence-corrected chi connectivity index (χ3v) is 4.32. The smallest absolute Gasteiger partial charge is 0.115 e. The molecule has 0 heterocycles. The lowest BCUT2D eigenvalue weighted by Gasteiger charge is -2.26. The molecule has 2 N–H and O–H groups in total. The van der Waals surface area contributed by atoms with E-state index in [1.54, 1.807) is 6.07 Å². The first-order valence-corrected chi connectivity index (χ1v) is 7.92. The van der Waals surface area contributed by atoms with Gasteiger partial charge < -0.3 is 10.4 Å². The van der Waals surface area contributed by atoms with Gasteiger partial charge in [-0.15, -0.1) is 0 Å². The van der Waals surface area contributed by atoms with Crippen molar-refractivity contribution in [2.75, 3.05) is 6.54 Å². The van der Waals surface area contributed by atoms with Crippen LogP contribution < -0.4 is 5.32 Å². The van der Waals surface area contributed by atoms with Crippen molar-refractivity contribution in [3.63, 3.8) is 0 Å². The Balaban J connectivity index is 1.54. The Bertz CT molecular complexity index is 579. The molecular formula is C19H23NO. The number of rotatable bonds is 5. The Morgan fingerprint density at radius 1 is 1.10 bits per heavy atom. The normalized spacial score (nSPS) is 17.4. The minimum Gasteiger partial charge on any atom is -0.508 e. The number of phenols is 1. The quantitative estimate of drug-likeness (QED) is 0.812. The van der Waals surface area contributed by atoms with Crippen LogP contribution in [-0.2, 0) is 12.8 Å². The second-order valence-corrected chi connectivity index (χ2v) is 5.87. The lowest BCUT2D eigenvalue weighted by molar-refractivity contribution is 0.444. The van der Waals surface area contributed by atoms with Crippen LogP contribution in [0.2, 0.25) is 0 Å². The van der Waals surface area contributed by atoms with Crippen molar-refractivity contribution in [1.29, 1.82) is 0 Å². The maximum absolute atomic E-state index is 9.70. The number of phenolic OH excluding ortho intramolecular Hbond substituents is 1. The Kier molecular flexibility index (Phi) is 4.56. The average Bonchev–Trinajstić information content (AvgIpc) is 2.53. The highest BCUT2D eigenvalue weighted by Crippen LogP contribution is 2.32. The molecule has 2 heteroatoms. The second-order valence-electron chi connectivity index (χ2n) is 5.87. The summed E-state index contributed by atoms with van der Waals surface area (Å²) in [7, 11) is 0. The molecule has 0 radical (unpaired) electrons. The van der Waals surface area contributed by atoms with Gasteiger partial charge in [0.25, 0.3) is 0 Å². The third kappa shape index (κ3) is 3.64. The van der Waals surface area contributed by atoms with E-state index in [1.165, 1.54) is 29.5 Å². The van der Waals surface area contributed by atoms with Crippen LogP contribution in [0.15, 0.2) is 48.5 Å². The van der Waals surface area contributed by atoms with Crippen molar-refractivity contribution in [2.24, 2.45) is 0 Å². The van der Waals surface area contributed by atoms with Gasteiger partial charge in [-0.2, -0.15) is 0 Å². The zero-order chi connectivity index (χ0) is 14.5. The van der Waals surface area contributed by atoms with E-state index in [1.807, 2.05) is 6.07 Å². The van der Waals surface area contributed by atoms with Crippen LogP contribution in [0.5, 0.6) is 5.75 Å². The number of benzene rings is 2. The summed E-state index contributed by atoms with van der Waals surface area (Å²) in [6.07, 6.45) is 5.80. The lowest BCUT2D eigenvalue weighted by atomic mass is 9.87. The summed E-state index contributed by atoms with van der Waals surface area (Å²) >= 11 is 0. The monoisotopic (exact) mass is 281 g/mol. The minimum atomic E-state index is 0.381. The predicted molar refractivity (Wildman–Crippen MR) is 86.6 cm³/mol. The summed E-state index contributed by atoms with van der Waals surface area (Å²) in [4.78, 5) is 0. The zero-order valence-corrected chi connectivity index (χ0v) is 12.4. The maximum atomic E-state index is 9.70. The summed E-state index contributed by atoms with van der Waals surface area (Å²) in [6.45, 7) is 1.02. The molecule has 0 bridgehead atoms. The Morgan fingerprint density at radius 2 is 1.95 bits per heavy atom. The van der Waals surface area contributed by atoms with Crippen molar-refractivity contribution in [3.8, 4) is 5.75 Å². The molecule has 110 valence electrons. The molecule has 0 fully saturated rings. The van der Waals surface area contributed by atoms with Gasteiger partial charge in [0.2, 0.25) is 0 Å². The van der Waals surface area contributed by atoms with Crippen LogP contribution in [0, 0.1) is 0 Å². The Hall–Kier alpha value is -1.80. The lowest BCUT2D eigenvalue weighted by Crippen LogP contribution is -2.26. The summed E-state index contributed by atoms with van der Waals surface area (Å²) in [5.41, 5.74) is 4.08. The predicted octanol–water partition coefficient (Wildman–Crippen LogP) is 3.99. The average molecular weight is 281 g/mol. The van der Waals surface area contributed by atoms with Crippen molar-refractivity contribution >= 4 is 0 Å². The van der Waals surface area contributed by atoms with E-state index in [4.69, 9.17) is 0 Å². The van der Waals surface area contributed by atoms with Crippen LogP contribution in [-0.4, -0.2) is 11.7 Å². The van der Waals surface area contributed by atoms with E-state index in [-0.39, 0.29) is 0 Å². The molecule has 21 heavy (non-hydrogen) atoms. The van der Waals surface area contributed by atoms with Gasteiger partial charge in [-0.25, -0.2) is 0 Å². The molecular weight excluding hydrogens is 258 g/mol. The summed E-state index contributed by atoms with van der Waals surface area (Å²) in [6, 6.07) is 16.8. The van der Waals surface area contributed by atoms with Crippen molar-refractivity contribution in [1.82, 2.24) is 5.32 Å². The first-order valence-electron chi connectivity index (χ1n) is 7.92. The van der Waals surface area contributed by atoms with Gasteiger partial charge in [-0.1, -0.05) is 36.4 Å². The number of hydrogen-bond donors (Lipinski definition) is 2. The molecule has 3 rings (SSSR count). The highest BCUT2D eigenvalue weighted by molar-refractivity contribution is 5.38. The SMILES string of the molecule is Oc1ccc2c(c1)C(NCCCc1ccccc1)CCC2. The fourth-order valence-corrected chi connectivity index (χ4v) is 3.21. The van der Waals surface area contributed by atoms with Gasteiger partial charge >= 0.3 is 0 Å². The molecule has 0 amide bonds. The van der Waals surface area contributed by atoms with E-state index in [9.17, 15) is 5.11 Å². The summed E-state index contributed by atoms with van der Waals surface area (Å²) < 4.78 is 0. The number of hydrogen-bond acceptors (Lipinski definition) is 2. The number of aryl methyl sites for hydroxylation is 2. The van der Waals surface area contributed by atoms with Crippen molar-refractivity contribution in [3.05, 3.63) is 65.2 Å². The molecule has 1 aliphatic rings. The van der Waals surface area contributed by atoms with Crippen LogP contribution in [0.3, 0.4) is 0 Å². The molecule has 0 saturated carbocycles. The fraction of sp³-hybridized carbons (Fsp3) is 0.368. The third-order valence-electron chi connectivity index (χ3n) is 4.32. The Morgan fingerprint density at radius 3 is 2.81 bits per heavy atom. The maximum Gasteiger partial charge on any atom is 0.115 e. The van der Waals surface area contributed by atoms with E-state index in [0.29, 0.717) is 11.8 Å². The number of aromatic hydroxyl groups is 1. The van der Waals surface area contributed by atoms with Crippen LogP contribution >= 0.6 is 0 Å². The number of fused-ring (bicyclic) bond motifs is 1. The van der Waals surface area contributed by atoms with Gasteiger partial charge in [0.15, 0.2) is 0 Å². The second kappa shape index (κ2) is 6.77. The molecule has 2 aromatic rings. The van der Waals surface area contributed by atoms with Gasteiger partial charge in [0.1, 0.15) is 5.75 Å². The van der Waals surface area contributed by atoms with E-state index < -0.39 is 0 Å². The van der Waals surface area contributed by atoms with Gasteiger partial charge in [-0.3, -0.25) is 0 Å². The van der Waals surface area contributed by atoms with Crippen LogP contribution in [0.1, 0.15) is 42.0 Å². The molecule has 0 saturated heterocycles. The van der Waals surface area contributed by atoms with Crippen molar-refractivity contribution < 1.29 is 5.11 Å². The van der Waals surface area contributed by atoms with E-state index >= 15 is 0 Å². The molecule has 1 unspecified atom stereocenters. The van der Waals surface area contributed by atoms with Gasteiger partial charge in [-0.05, 0) is 67.5 Å². The molecule has 1 atom stereocenters. The summed E-state index contributed by atoms with van der Waals surface area (Å²) in [5.74, 6) is 0.381. The van der Waals surface area contributed by atoms with Crippen LogP contribution in [0.4, 0.5) is 0 Å². The first-order chi connectivity index (χ1) is 10.3.